The van der Waals surface area contributed by atoms with Gasteiger partial charge >= 0.3 is 17.9 Å². The second-order valence-electron chi connectivity index (χ2n) is 15.1. The number of esters is 3. The molecule has 0 amide bonds. The zero-order valence-electron chi connectivity index (χ0n) is 26.8. The summed E-state index contributed by atoms with van der Waals surface area (Å²) in [6.45, 7) is 17.4. The predicted molar refractivity (Wildman–Crippen MR) is 156 cm³/mol. The highest BCUT2D eigenvalue weighted by Gasteiger charge is 2.71. The maximum Gasteiger partial charge on any atom is 0.310 e. The fourth-order valence-electron chi connectivity index (χ4n) is 10.5. The lowest BCUT2D eigenvalue weighted by atomic mass is 9.39. The lowest BCUT2D eigenvalue weighted by molar-refractivity contribution is -0.221. The van der Waals surface area contributed by atoms with Gasteiger partial charge in [0.25, 0.3) is 0 Å². The Morgan fingerprint density at radius 3 is 2.29 bits per heavy atom. The zero-order valence-corrected chi connectivity index (χ0v) is 26.8. The summed E-state index contributed by atoms with van der Waals surface area (Å²) in [7, 11) is 0. The van der Waals surface area contributed by atoms with Crippen molar-refractivity contribution < 1.29 is 38.4 Å². The van der Waals surface area contributed by atoms with E-state index in [1.165, 1.54) is 19.4 Å². The van der Waals surface area contributed by atoms with Crippen LogP contribution in [0.1, 0.15) is 101 Å². The third-order valence-electron chi connectivity index (χ3n) is 12.0. The third kappa shape index (κ3) is 4.75. The summed E-state index contributed by atoms with van der Waals surface area (Å²) in [5.41, 5.74) is 0.160. The molecule has 1 N–H and O–H groups in total. The van der Waals surface area contributed by atoms with Gasteiger partial charge in [-0.05, 0) is 77.0 Å². The maximum atomic E-state index is 13.0. The van der Waals surface area contributed by atoms with Gasteiger partial charge in [0.15, 0.2) is 0 Å². The number of carbonyl (C=O) groups is 3. The molecule has 42 heavy (non-hydrogen) atoms. The molecule has 0 aromatic carbocycles. The van der Waals surface area contributed by atoms with Gasteiger partial charge in [-0.3, -0.25) is 14.4 Å². The number of aliphatic hydroxyl groups is 1. The molecule has 0 unspecified atom stereocenters. The average Bonchev–Trinajstić information content (AvgIpc) is 3.37. The summed E-state index contributed by atoms with van der Waals surface area (Å²) in [6.07, 6.45) is 6.11. The Morgan fingerprint density at radius 1 is 1.00 bits per heavy atom. The van der Waals surface area contributed by atoms with Crippen LogP contribution in [-0.2, 0) is 33.3 Å². The summed E-state index contributed by atoms with van der Waals surface area (Å²) in [4.78, 5) is 37.4. The second-order valence-corrected chi connectivity index (χ2v) is 15.1. The topological polar surface area (TPSA) is 108 Å². The fourth-order valence-corrected chi connectivity index (χ4v) is 10.5. The van der Waals surface area contributed by atoms with Gasteiger partial charge in [-0.15, -0.1) is 0 Å². The minimum atomic E-state index is -0.825. The van der Waals surface area contributed by atoms with Gasteiger partial charge in [0, 0.05) is 36.5 Å². The molecule has 2 saturated carbocycles. The van der Waals surface area contributed by atoms with Crippen LogP contribution < -0.4 is 0 Å². The van der Waals surface area contributed by atoms with Crippen LogP contribution >= 0.6 is 0 Å². The second kappa shape index (κ2) is 10.5. The van der Waals surface area contributed by atoms with E-state index in [0.29, 0.717) is 6.42 Å². The van der Waals surface area contributed by atoms with Crippen LogP contribution in [0.3, 0.4) is 0 Å². The first-order valence-corrected chi connectivity index (χ1v) is 15.7. The first kappa shape index (κ1) is 31.2. The lowest BCUT2D eigenvalue weighted by Gasteiger charge is -2.66. The Bertz CT molecular complexity index is 1200. The van der Waals surface area contributed by atoms with Crippen LogP contribution in [0.5, 0.6) is 0 Å². The van der Waals surface area contributed by atoms with Gasteiger partial charge in [-0.25, -0.2) is 0 Å². The highest BCUT2D eigenvalue weighted by atomic mass is 16.7. The van der Waals surface area contributed by atoms with Crippen LogP contribution in [-0.4, -0.2) is 53.2 Å². The smallest absolute Gasteiger partial charge is 0.310 e. The van der Waals surface area contributed by atoms with Crippen molar-refractivity contribution in [1.82, 2.24) is 0 Å². The Kier molecular flexibility index (Phi) is 7.78. The molecule has 3 aliphatic carbocycles. The number of carbonyl (C=O) groups excluding carboxylic acids is 3. The van der Waals surface area contributed by atoms with Crippen molar-refractivity contribution in [2.24, 2.45) is 39.9 Å². The lowest BCUT2D eigenvalue weighted by Crippen LogP contribution is -2.66. The van der Waals surface area contributed by atoms with Gasteiger partial charge < -0.3 is 24.1 Å². The van der Waals surface area contributed by atoms with E-state index in [-0.39, 0.29) is 53.6 Å². The van der Waals surface area contributed by atoms with Gasteiger partial charge in [-0.1, -0.05) is 44.1 Å². The number of hydrogen-bond acceptors (Lipinski definition) is 8. The molecular formula is C34H50O8. The van der Waals surface area contributed by atoms with Crippen LogP contribution in [0, 0.1) is 39.9 Å². The molecule has 2 heterocycles. The molecule has 0 aromatic heterocycles. The highest BCUT2D eigenvalue weighted by molar-refractivity contribution is 5.73. The van der Waals surface area contributed by atoms with Gasteiger partial charge in [0.1, 0.15) is 11.7 Å². The zero-order chi connectivity index (χ0) is 31.0. The van der Waals surface area contributed by atoms with Crippen LogP contribution in [0.4, 0.5) is 0 Å². The molecule has 5 aliphatic rings. The molecule has 2 aliphatic heterocycles. The van der Waals surface area contributed by atoms with Crippen molar-refractivity contribution in [2.45, 2.75) is 131 Å². The Balaban J connectivity index is 1.54. The molecule has 0 bridgehead atoms. The molecule has 4 fully saturated rings. The molecule has 0 radical (unpaired) electrons. The normalized spacial score (nSPS) is 45.8. The van der Waals surface area contributed by atoms with E-state index in [1.54, 1.807) is 0 Å². The molecule has 8 nitrogen and oxygen atoms in total. The van der Waals surface area contributed by atoms with E-state index in [1.807, 2.05) is 27.7 Å². The number of hydrogen-bond donors (Lipinski definition) is 1. The number of aliphatic hydroxyl groups excluding tert-OH is 1. The van der Waals surface area contributed by atoms with Crippen molar-refractivity contribution >= 4 is 17.9 Å². The molecule has 0 spiro atoms. The van der Waals surface area contributed by atoms with Crippen LogP contribution in [0.25, 0.3) is 0 Å². The van der Waals surface area contributed by atoms with E-state index in [4.69, 9.17) is 18.9 Å². The van der Waals surface area contributed by atoms with Crippen molar-refractivity contribution in [3.8, 4) is 0 Å². The number of cyclic esters (lactones) is 1. The van der Waals surface area contributed by atoms with Crippen LogP contribution in [0.2, 0.25) is 0 Å². The van der Waals surface area contributed by atoms with E-state index in [2.05, 4.69) is 32.9 Å². The minimum Gasteiger partial charge on any atom is -0.461 e. The Morgan fingerprint density at radius 2 is 1.67 bits per heavy atom. The van der Waals surface area contributed by atoms with Crippen molar-refractivity contribution in [3.63, 3.8) is 0 Å². The quantitative estimate of drug-likeness (QED) is 0.255. The SMILES string of the molecule is CC(=O)O[C@@H]1O[C@H](C=C(C)C)C[C@@H]1[C@H]1CC=C2[C@]3(C)[C@@H](CC[C@@]21C)[C@@]1(C)[C@H](C[C@@H]3O)C(C)(C)OC(=O)C[C@H]1OC(C)=O. The standard InChI is InChI=1S/C34H50O8/c1-18(2)14-21-15-22(30(41-21)40-20(4)36)23-10-11-24-32(23,7)13-12-25-33(24,8)27(37)16-26-31(5,6)42-29(38)17-28(34(25,26)9)39-19(3)35/h11,14,21-23,25-28,30,37H,10,12-13,15-17H2,1-9H3/t21-,22-,23-,25-,26-,27+,28-,30-,32-,33-,34+/m1/s1. The molecule has 11 atom stereocenters. The van der Waals surface area contributed by atoms with E-state index in [0.717, 1.165) is 31.3 Å². The molecule has 5 rings (SSSR count). The van der Waals surface area contributed by atoms with Gasteiger partial charge in [0.2, 0.25) is 6.29 Å². The predicted octanol–water partition coefficient (Wildman–Crippen LogP) is 5.66. The van der Waals surface area contributed by atoms with Crippen molar-refractivity contribution in [3.05, 3.63) is 23.3 Å². The maximum absolute atomic E-state index is 13.0. The molecule has 234 valence electrons. The van der Waals surface area contributed by atoms with E-state index >= 15 is 0 Å². The number of ether oxygens (including phenoxy) is 4. The molecule has 2 saturated heterocycles. The first-order valence-electron chi connectivity index (χ1n) is 15.7. The number of fused-ring (bicyclic) bond motifs is 5. The monoisotopic (exact) mass is 586 g/mol. The van der Waals surface area contributed by atoms with Gasteiger partial charge in [0.05, 0.1) is 18.6 Å². The summed E-state index contributed by atoms with van der Waals surface area (Å²) in [6, 6.07) is 0. The molecule has 8 heteroatoms. The Hall–Kier alpha value is -2.19. The van der Waals surface area contributed by atoms with E-state index < -0.39 is 40.9 Å². The summed E-state index contributed by atoms with van der Waals surface area (Å²) < 4.78 is 24.0. The number of allylic oxidation sites excluding steroid dienone is 2. The minimum absolute atomic E-state index is 0.00680. The highest BCUT2D eigenvalue weighted by Crippen LogP contribution is 2.72. The molecule has 0 aromatic rings. The van der Waals surface area contributed by atoms with Crippen LogP contribution in [0.15, 0.2) is 23.3 Å². The summed E-state index contributed by atoms with van der Waals surface area (Å²) in [5.74, 6) is -1.17. The number of rotatable bonds is 4. The summed E-state index contributed by atoms with van der Waals surface area (Å²) in [5, 5.41) is 12.1. The molecular weight excluding hydrogens is 536 g/mol. The Labute approximate surface area is 250 Å². The average molecular weight is 587 g/mol. The van der Waals surface area contributed by atoms with E-state index in [9.17, 15) is 19.5 Å². The van der Waals surface area contributed by atoms with Crippen molar-refractivity contribution in [2.75, 3.05) is 0 Å². The van der Waals surface area contributed by atoms with Gasteiger partial charge in [-0.2, -0.15) is 0 Å². The van der Waals surface area contributed by atoms with Crippen molar-refractivity contribution in [1.29, 1.82) is 0 Å². The largest absolute Gasteiger partial charge is 0.461 e. The third-order valence-corrected chi connectivity index (χ3v) is 12.0. The summed E-state index contributed by atoms with van der Waals surface area (Å²) >= 11 is 0. The first-order chi connectivity index (χ1) is 19.4. The fraction of sp³-hybridized carbons (Fsp3) is 0.794.